The van der Waals surface area contributed by atoms with Gasteiger partial charge in [-0.2, -0.15) is 0 Å². The van der Waals surface area contributed by atoms with Crippen LogP contribution in [0.15, 0.2) is 41.0 Å². The summed E-state index contributed by atoms with van der Waals surface area (Å²) in [6, 6.07) is 9.65. The Bertz CT molecular complexity index is 748. The minimum atomic E-state index is 0.716. The first kappa shape index (κ1) is 12.2. The molecule has 2 N–H and O–H groups in total. The van der Waals surface area contributed by atoms with Crippen LogP contribution in [0.2, 0.25) is 0 Å². The Morgan fingerprint density at radius 1 is 1.32 bits per heavy atom. The van der Waals surface area contributed by atoms with Crippen molar-refractivity contribution in [2.75, 3.05) is 5.73 Å². The van der Waals surface area contributed by atoms with Gasteiger partial charge in [0.2, 0.25) is 0 Å². The van der Waals surface area contributed by atoms with Crippen molar-refractivity contribution < 1.29 is 0 Å². The van der Waals surface area contributed by atoms with E-state index in [4.69, 9.17) is 5.73 Å². The molecule has 0 atom stereocenters. The highest BCUT2D eigenvalue weighted by Gasteiger charge is 2.14. The zero-order chi connectivity index (χ0) is 13.4. The largest absolute Gasteiger partial charge is 0.398 e. The Labute approximate surface area is 119 Å². The predicted molar refractivity (Wildman–Crippen MR) is 80.8 cm³/mol. The Balaban J connectivity index is 2.33. The standard InChI is InChI=1S/C14H13BrN4/c1-2-19-13(10-8-9(15)5-6-11(10)16)18-12-4-3-7-17-14(12)19/h3-8H,2,16H2,1H3. The molecular weight excluding hydrogens is 304 g/mol. The van der Waals surface area contributed by atoms with Crippen LogP contribution in [0.25, 0.3) is 22.6 Å². The Morgan fingerprint density at radius 3 is 2.95 bits per heavy atom. The zero-order valence-corrected chi connectivity index (χ0v) is 12.1. The topological polar surface area (TPSA) is 56.7 Å². The summed E-state index contributed by atoms with van der Waals surface area (Å²) < 4.78 is 3.06. The number of halogens is 1. The van der Waals surface area contributed by atoms with E-state index in [0.29, 0.717) is 5.69 Å². The predicted octanol–water partition coefficient (Wildman–Crippen LogP) is 3.46. The van der Waals surface area contributed by atoms with Crippen LogP contribution in [-0.4, -0.2) is 14.5 Å². The maximum atomic E-state index is 6.07. The van der Waals surface area contributed by atoms with Gasteiger partial charge in [-0.15, -0.1) is 0 Å². The summed E-state index contributed by atoms with van der Waals surface area (Å²) >= 11 is 3.48. The van der Waals surface area contributed by atoms with Crippen LogP contribution >= 0.6 is 15.9 Å². The van der Waals surface area contributed by atoms with Gasteiger partial charge in [-0.1, -0.05) is 15.9 Å². The Hall–Kier alpha value is -1.88. The highest BCUT2D eigenvalue weighted by atomic mass is 79.9. The third-order valence-electron chi connectivity index (χ3n) is 3.08. The molecule has 0 saturated heterocycles. The monoisotopic (exact) mass is 316 g/mol. The number of anilines is 1. The van der Waals surface area contributed by atoms with Gasteiger partial charge in [-0.3, -0.25) is 0 Å². The lowest BCUT2D eigenvalue weighted by Gasteiger charge is -2.08. The molecule has 0 amide bonds. The molecule has 2 aromatic heterocycles. The van der Waals surface area contributed by atoms with E-state index in [0.717, 1.165) is 33.6 Å². The van der Waals surface area contributed by atoms with Crippen LogP contribution in [0.4, 0.5) is 5.69 Å². The summed E-state index contributed by atoms with van der Waals surface area (Å²) in [5.41, 5.74) is 9.49. The first-order valence-corrected chi connectivity index (χ1v) is 6.86. The lowest BCUT2D eigenvalue weighted by molar-refractivity contribution is 0.787. The van der Waals surface area contributed by atoms with Crippen molar-refractivity contribution in [3.05, 3.63) is 41.0 Å². The number of fused-ring (bicyclic) bond motifs is 1. The van der Waals surface area contributed by atoms with E-state index >= 15 is 0 Å². The van der Waals surface area contributed by atoms with Gasteiger partial charge in [-0.25, -0.2) is 9.97 Å². The zero-order valence-electron chi connectivity index (χ0n) is 10.5. The number of nitrogen functional groups attached to an aromatic ring is 1. The molecule has 0 radical (unpaired) electrons. The van der Waals surface area contributed by atoms with Crippen molar-refractivity contribution in [2.45, 2.75) is 13.5 Å². The molecule has 4 nitrogen and oxygen atoms in total. The van der Waals surface area contributed by atoms with E-state index in [1.54, 1.807) is 6.20 Å². The molecule has 0 spiro atoms. The lowest BCUT2D eigenvalue weighted by atomic mass is 10.1. The Kier molecular flexibility index (Phi) is 2.98. The summed E-state index contributed by atoms with van der Waals surface area (Å²) in [7, 11) is 0. The summed E-state index contributed by atoms with van der Waals surface area (Å²) in [6.45, 7) is 2.88. The molecule has 3 aromatic rings. The Morgan fingerprint density at radius 2 is 2.16 bits per heavy atom. The summed E-state index contributed by atoms with van der Waals surface area (Å²) in [6.07, 6.45) is 1.78. The molecular formula is C14H13BrN4. The second kappa shape index (κ2) is 4.66. The molecule has 19 heavy (non-hydrogen) atoms. The number of nitrogens with two attached hydrogens (primary N) is 1. The molecule has 3 rings (SSSR count). The molecule has 0 aliphatic rings. The molecule has 0 fully saturated rings. The van der Waals surface area contributed by atoms with Crippen molar-refractivity contribution >= 4 is 32.8 Å². The number of rotatable bonds is 2. The molecule has 0 aliphatic heterocycles. The van der Waals surface area contributed by atoms with Gasteiger partial charge in [0, 0.05) is 28.5 Å². The molecule has 5 heteroatoms. The average Bonchev–Trinajstić information content (AvgIpc) is 2.79. The number of pyridine rings is 1. The lowest BCUT2D eigenvalue weighted by Crippen LogP contribution is -2.00. The molecule has 0 unspecified atom stereocenters. The highest BCUT2D eigenvalue weighted by molar-refractivity contribution is 9.10. The number of imidazole rings is 1. The number of hydrogen-bond donors (Lipinski definition) is 1. The summed E-state index contributed by atoms with van der Waals surface area (Å²) in [5.74, 6) is 0.856. The SMILES string of the molecule is CCn1c(-c2cc(Br)ccc2N)nc2cccnc21. The average molecular weight is 317 g/mol. The van der Waals surface area contributed by atoms with E-state index in [9.17, 15) is 0 Å². The van der Waals surface area contributed by atoms with Gasteiger partial charge in [0.25, 0.3) is 0 Å². The van der Waals surface area contributed by atoms with Gasteiger partial charge in [0.15, 0.2) is 5.65 Å². The van der Waals surface area contributed by atoms with Gasteiger partial charge >= 0.3 is 0 Å². The van der Waals surface area contributed by atoms with Gasteiger partial charge in [0.05, 0.1) is 0 Å². The summed E-state index contributed by atoms with van der Waals surface area (Å²) in [4.78, 5) is 9.05. The van der Waals surface area contributed by atoms with Gasteiger partial charge < -0.3 is 10.3 Å². The quantitative estimate of drug-likeness (QED) is 0.736. The molecule has 96 valence electrons. The molecule has 0 saturated carbocycles. The van der Waals surface area contributed by atoms with Crippen LogP contribution < -0.4 is 5.73 Å². The molecule has 0 aliphatic carbocycles. The van der Waals surface area contributed by atoms with Gasteiger partial charge in [0.1, 0.15) is 11.3 Å². The van der Waals surface area contributed by atoms with Crippen molar-refractivity contribution in [1.82, 2.24) is 14.5 Å². The third-order valence-corrected chi connectivity index (χ3v) is 3.57. The van der Waals surface area contributed by atoms with Crippen LogP contribution in [0.1, 0.15) is 6.92 Å². The maximum absolute atomic E-state index is 6.07. The fourth-order valence-electron chi connectivity index (χ4n) is 2.19. The molecule has 1 aromatic carbocycles. The second-order valence-corrected chi connectivity index (χ2v) is 5.17. The third kappa shape index (κ3) is 2.00. The normalized spacial score (nSPS) is 11.1. The van der Waals surface area contributed by atoms with E-state index in [-0.39, 0.29) is 0 Å². The minimum absolute atomic E-state index is 0.716. The van der Waals surface area contributed by atoms with Crippen molar-refractivity contribution in [3.63, 3.8) is 0 Å². The highest BCUT2D eigenvalue weighted by Crippen LogP contribution is 2.30. The fourth-order valence-corrected chi connectivity index (χ4v) is 2.55. The van der Waals surface area contributed by atoms with Crippen molar-refractivity contribution in [1.29, 1.82) is 0 Å². The number of nitrogens with zero attached hydrogens (tertiary/aromatic N) is 3. The van der Waals surface area contributed by atoms with E-state index in [1.165, 1.54) is 0 Å². The first-order valence-electron chi connectivity index (χ1n) is 6.07. The fraction of sp³-hybridized carbons (Fsp3) is 0.143. The molecule has 2 heterocycles. The van der Waals surface area contributed by atoms with Crippen molar-refractivity contribution in [2.24, 2.45) is 0 Å². The smallest absolute Gasteiger partial charge is 0.160 e. The van der Waals surface area contributed by atoms with Crippen LogP contribution in [-0.2, 0) is 6.54 Å². The number of hydrogen-bond acceptors (Lipinski definition) is 3. The van der Waals surface area contributed by atoms with Crippen LogP contribution in [0, 0.1) is 0 Å². The van der Waals surface area contributed by atoms with Crippen molar-refractivity contribution in [3.8, 4) is 11.4 Å². The number of benzene rings is 1. The van der Waals surface area contributed by atoms with E-state index in [2.05, 4.69) is 37.4 Å². The number of aryl methyl sites for hydroxylation is 1. The van der Waals surface area contributed by atoms with Gasteiger partial charge in [-0.05, 0) is 37.3 Å². The van der Waals surface area contributed by atoms with Crippen LogP contribution in [0.5, 0.6) is 0 Å². The second-order valence-electron chi connectivity index (χ2n) is 4.26. The number of aromatic nitrogens is 3. The van der Waals surface area contributed by atoms with E-state index in [1.807, 2.05) is 30.3 Å². The first-order chi connectivity index (χ1) is 9.20. The summed E-state index contributed by atoms with van der Waals surface area (Å²) in [5, 5.41) is 0. The maximum Gasteiger partial charge on any atom is 0.160 e. The molecule has 0 bridgehead atoms. The van der Waals surface area contributed by atoms with Crippen LogP contribution in [0.3, 0.4) is 0 Å². The van der Waals surface area contributed by atoms with E-state index < -0.39 is 0 Å². The minimum Gasteiger partial charge on any atom is -0.398 e.